The molecule has 53 heavy (non-hydrogen) atoms. The Kier molecular flexibility index (Phi) is 11.0. The van der Waals surface area contributed by atoms with E-state index >= 15 is 0 Å². The van der Waals surface area contributed by atoms with Crippen LogP contribution in [-0.4, -0.2) is 51.2 Å². The number of phenolic OH excluding ortho intramolecular Hbond substituents is 1. The number of rotatable bonds is 11. The van der Waals surface area contributed by atoms with Gasteiger partial charge in [0.15, 0.2) is 34.6 Å². The van der Waals surface area contributed by atoms with E-state index in [1.807, 2.05) is 54.6 Å². The number of hydrogen-bond acceptors (Lipinski definition) is 12. The van der Waals surface area contributed by atoms with Gasteiger partial charge in [0, 0.05) is 47.2 Å². The zero-order chi connectivity index (χ0) is 37.3. The number of ether oxygens (including phenoxy) is 3. The van der Waals surface area contributed by atoms with Gasteiger partial charge < -0.3 is 28.4 Å². The minimum atomic E-state index is -0.249. The number of aryl methyl sites for hydroxylation is 2. The second-order valence-electron chi connectivity index (χ2n) is 11.6. The smallest absolute Gasteiger partial charge is 0.223 e. The lowest BCUT2D eigenvalue weighted by molar-refractivity contribution is 0.103. The number of aromatic hydroxyl groups is 1. The van der Waals surface area contributed by atoms with Gasteiger partial charge in [-0.2, -0.15) is 9.97 Å². The first-order valence-corrected chi connectivity index (χ1v) is 16.4. The fourth-order valence-electron chi connectivity index (χ4n) is 5.35. The van der Waals surface area contributed by atoms with E-state index in [0.29, 0.717) is 63.5 Å². The molecule has 7 aromatic rings. The fraction of sp³-hybridized carbons (Fsp3) is 0.122. The van der Waals surface area contributed by atoms with Crippen LogP contribution in [0.1, 0.15) is 49.2 Å². The molecule has 0 aliphatic carbocycles. The summed E-state index contributed by atoms with van der Waals surface area (Å²) in [4.78, 5) is 34.5. The second-order valence-corrected chi connectivity index (χ2v) is 11.6. The van der Waals surface area contributed by atoms with E-state index < -0.39 is 0 Å². The van der Waals surface area contributed by atoms with Crippen LogP contribution < -0.4 is 14.2 Å². The van der Waals surface area contributed by atoms with Gasteiger partial charge in [0.25, 0.3) is 0 Å². The molecule has 7 rings (SSSR count). The lowest BCUT2D eigenvalue weighted by Gasteiger charge is -2.15. The molecule has 0 saturated carbocycles. The Morgan fingerprint density at radius 2 is 1.06 bits per heavy atom. The number of ketones is 2. The van der Waals surface area contributed by atoms with Crippen LogP contribution in [-0.2, 0) is 6.61 Å². The van der Waals surface area contributed by atoms with Crippen molar-refractivity contribution in [3.63, 3.8) is 0 Å². The highest BCUT2D eigenvalue weighted by Gasteiger charge is 2.23. The number of phenols is 1. The largest absolute Gasteiger partial charge is 0.504 e. The van der Waals surface area contributed by atoms with Crippen molar-refractivity contribution >= 4 is 11.6 Å². The van der Waals surface area contributed by atoms with E-state index in [-0.39, 0.29) is 34.5 Å². The molecule has 12 nitrogen and oxygen atoms in total. The van der Waals surface area contributed by atoms with Gasteiger partial charge in [0.05, 0.1) is 14.2 Å². The lowest BCUT2D eigenvalue weighted by Crippen LogP contribution is -2.06. The van der Waals surface area contributed by atoms with Crippen LogP contribution in [0.15, 0.2) is 124 Å². The molecule has 2 aromatic heterocycles. The summed E-state index contributed by atoms with van der Waals surface area (Å²) >= 11 is 0. The topological polar surface area (TPSA) is 160 Å². The molecule has 0 bridgehead atoms. The SMILES string of the molecule is COc1cc(-c2noc(C)n2)c(C(=O)c2ccccc2)cc1O.COc1cc(-c2noc(C)n2)c(C(=O)c2ccccc2)cc1OCc1ccccc1. The normalized spacial score (nSPS) is 10.6. The summed E-state index contributed by atoms with van der Waals surface area (Å²) in [6, 6.07) is 33.9. The average Bonchev–Trinajstić information content (AvgIpc) is 3.85. The minimum Gasteiger partial charge on any atom is -0.504 e. The number of hydrogen-bond donors (Lipinski definition) is 1. The fourth-order valence-corrected chi connectivity index (χ4v) is 5.35. The van der Waals surface area contributed by atoms with Gasteiger partial charge in [-0.3, -0.25) is 9.59 Å². The standard InChI is InChI=1S/C24H20N2O4.C17H14N2O4/c1-16-25-24(26-30-16)20-14-21(28-2)22(29-15-17-9-5-3-6-10-17)13-19(20)23(27)18-11-7-4-8-12-18;1-10-18-17(19-23-10)13-9-15(22-2)14(20)8-12(13)16(21)11-6-4-3-5-7-11/h3-14H,15H2,1-2H3;3-9,20H,1-2H3. The van der Waals surface area contributed by atoms with Crippen LogP contribution in [0.5, 0.6) is 23.0 Å². The van der Waals surface area contributed by atoms with Gasteiger partial charge in [0.2, 0.25) is 23.4 Å². The number of nitrogens with zero attached hydrogens (tertiary/aromatic N) is 4. The Morgan fingerprint density at radius 3 is 1.51 bits per heavy atom. The Bertz CT molecular complexity index is 2340. The summed E-state index contributed by atoms with van der Waals surface area (Å²) in [5, 5.41) is 17.9. The van der Waals surface area contributed by atoms with Gasteiger partial charge in [-0.05, 0) is 29.8 Å². The summed E-state index contributed by atoms with van der Waals surface area (Å²) in [6.07, 6.45) is 0. The van der Waals surface area contributed by atoms with Crippen molar-refractivity contribution in [1.29, 1.82) is 0 Å². The maximum absolute atomic E-state index is 13.3. The minimum absolute atomic E-state index is 0.129. The number of carbonyl (C=O) groups excluding carboxylic acids is 2. The zero-order valence-corrected chi connectivity index (χ0v) is 29.3. The first kappa shape index (κ1) is 35.7. The predicted octanol–water partition coefficient (Wildman–Crippen LogP) is 7.85. The summed E-state index contributed by atoms with van der Waals surface area (Å²) in [7, 11) is 2.98. The predicted molar refractivity (Wildman–Crippen MR) is 194 cm³/mol. The van der Waals surface area contributed by atoms with Crippen LogP contribution >= 0.6 is 0 Å². The Morgan fingerprint density at radius 1 is 0.604 bits per heavy atom. The third kappa shape index (κ3) is 8.29. The first-order chi connectivity index (χ1) is 25.7. The Labute approximate surface area is 304 Å². The molecule has 2 heterocycles. The molecule has 5 aromatic carbocycles. The van der Waals surface area contributed by atoms with Crippen molar-refractivity contribution in [1.82, 2.24) is 20.3 Å². The van der Waals surface area contributed by atoms with E-state index in [1.165, 1.54) is 19.2 Å². The molecular formula is C41H34N4O8. The van der Waals surface area contributed by atoms with Crippen molar-refractivity contribution in [2.75, 3.05) is 14.2 Å². The number of aromatic nitrogens is 4. The number of methoxy groups -OCH3 is 2. The maximum atomic E-state index is 13.3. The molecule has 1 N–H and O–H groups in total. The van der Waals surface area contributed by atoms with Gasteiger partial charge in [-0.1, -0.05) is 101 Å². The highest BCUT2D eigenvalue weighted by molar-refractivity contribution is 6.13. The molecule has 0 saturated heterocycles. The molecule has 12 heteroatoms. The molecule has 0 fully saturated rings. The van der Waals surface area contributed by atoms with Gasteiger partial charge in [-0.25, -0.2) is 0 Å². The van der Waals surface area contributed by atoms with E-state index in [4.69, 9.17) is 23.3 Å². The summed E-state index contributed by atoms with van der Waals surface area (Å²) in [6.45, 7) is 3.70. The van der Waals surface area contributed by atoms with Crippen molar-refractivity contribution in [2.45, 2.75) is 20.5 Å². The Balaban J connectivity index is 0.000000188. The summed E-state index contributed by atoms with van der Waals surface area (Å²) < 4.78 is 26.7. The third-order valence-corrected chi connectivity index (χ3v) is 7.96. The summed E-state index contributed by atoms with van der Waals surface area (Å²) in [5.74, 6) is 2.00. The summed E-state index contributed by atoms with van der Waals surface area (Å²) in [5.41, 5.74) is 3.70. The van der Waals surface area contributed by atoms with E-state index in [0.717, 1.165) is 5.56 Å². The number of benzene rings is 5. The van der Waals surface area contributed by atoms with Crippen molar-refractivity contribution in [3.8, 4) is 45.8 Å². The van der Waals surface area contributed by atoms with Crippen LogP contribution in [0, 0.1) is 13.8 Å². The molecule has 0 aliphatic rings. The van der Waals surface area contributed by atoms with Gasteiger partial charge in [0.1, 0.15) is 6.61 Å². The average molecular weight is 711 g/mol. The van der Waals surface area contributed by atoms with Gasteiger partial charge in [-0.15, -0.1) is 0 Å². The third-order valence-electron chi connectivity index (χ3n) is 7.96. The molecule has 0 spiro atoms. The second kappa shape index (κ2) is 16.3. The van der Waals surface area contributed by atoms with Crippen LogP contribution in [0.3, 0.4) is 0 Å². The van der Waals surface area contributed by atoms with Crippen molar-refractivity contribution in [3.05, 3.63) is 155 Å². The molecular weight excluding hydrogens is 676 g/mol. The number of carbonyl (C=O) groups is 2. The maximum Gasteiger partial charge on any atom is 0.223 e. The van der Waals surface area contributed by atoms with E-state index in [2.05, 4.69) is 20.3 Å². The quantitative estimate of drug-likeness (QED) is 0.130. The van der Waals surface area contributed by atoms with Crippen LogP contribution in [0.4, 0.5) is 0 Å². The van der Waals surface area contributed by atoms with E-state index in [1.54, 1.807) is 69.5 Å². The molecule has 266 valence electrons. The first-order valence-electron chi connectivity index (χ1n) is 16.4. The zero-order valence-electron chi connectivity index (χ0n) is 29.3. The Hall–Kier alpha value is -7.08. The molecule has 0 atom stereocenters. The molecule has 0 amide bonds. The lowest BCUT2D eigenvalue weighted by atomic mass is 9.97. The van der Waals surface area contributed by atoms with E-state index in [9.17, 15) is 14.7 Å². The highest BCUT2D eigenvalue weighted by Crippen LogP contribution is 2.37. The van der Waals surface area contributed by atoms with Crippen molar-refractivity contribution in [2.24, 2.45) is 0 Å². The molecule has 0 radical (unpaired) electrons. The highest BCUT2D eigenvalue weighted by atomic mass is 16.5. The van der Waals surface area contributed by atoms with Crippen molar-refractivity contribution < 1.29 is 38.0 Å². The monoisotopic (exact) mass is 710 g/mol. The van der Waals surface area contributed by atoms with Gasteiger partial charge >= 0.3 is 0 Å². The van der Waals surface area contributed by atoms with Crippen LogP contribution in [0.2, 0.25) is 0 Å². The van der Waals surface area contributed by atoms with Crippen LogP contribution in [0.25, 0.3) is 22.8 Å². The molecule has 0 aliphatic heterocycles. The molecule has 0 unspecified atom stereocenters.